The van der Waals surface area contributed by atoms with E-state index in [4.69, 9.17) is 4.28 Å². The molecule has 0 spiro atoms. The molecule has 11 heteroatoms. The van der Waals surface area contributed by atoms with Crippen molar-refractivity contribution in [3.8, 4) is 0 Å². The molecule has 9 nitrogen and oxygen atoms in total. The molecule has 0 atom stereocenters. The lowest BCUT2D eigenvalue weighted by Gasteiger charge is -2.26. The van der Waals surface area contributed by atoms with Crippen molar-refractivity contribution in [1.29, 1.82) is 0 Å². The molecule has 1 aliphatic heterocycles. The summed E-state index contributed by atoms with van der Waals surface area (Å²) >= 11 is 0. The van der Waals surface area contributed by atoms with E-state index in [9.17, 15) is 26.4 Å². The Morgan fingerprint density at radius 3 is 2.06 bits per heavy atom. The molecule has 0 saturated carbocycles. The van der Waals surface area contributed by atoms with Gasteiger partial charge < -0.3 is 0 Å². The second kappa shape index (κ2) is 8.34. The maximum absolute atomic E-state index is 13.2. The van der Waals surface area contributed by atoms with E-state index < -0.39 is 32.0 Å². The van der Waals surface area contributed by atoms with Crippen LogP contribution in [0.5, 0.6) is 0 Å². The lowest BCUT2D eigenvalue weighted by molar-refractivity contribution is -0.0155. The molecule has 3 aromatic carbocycles. The summed E-state index contributed by atoms with van der Waals surface area (Å²) in [5, 5.41) is 0.763. The van der Waals surface area contributed by atoms with Crippen LogP contribution in [0.1, 0.15) is 34.6 Å². The average Bonchev–Trinajstić information content (AvgIpc) is 2.81. The molecule has 1 heterocycles. The summed E-state index contributed by atoms with van der Waals surface area (Å²) in [4.78, 5) is 25.8. The number of amides is 2. The smallest absolute Gasteiger partial charge is 0.266 e. The SMILES string of the molecule is CCN(CC)S(=O)(=O)c1cc2c3c(cccc3c1)C(=O)N(OS(=O)(=O)c1ccccc1)C2=O. The zero-order valence-corrected chi connectivity index (χ0v) is 19.4. The summed E-state index contributed by atoms with van der Waals surface area (Å²) in [6, 6.07) is 14.1. The Kier molecular flexibility index (Phi) is 5.83. The second-order valence-corrected chi connectivity index (χ2v) is 10.7. The zero-order chi connectivity index (χ0) is 24.0. The molecule has 1 aliphatic rings. The molecule has 0 fully saturated rings. The highest BCUT2D eigenvalue weighted by Gasteiger charge is 2.39. The molecule has 2 amide bonds. The van der Waals surface area contributed by atoms with Gasteiger partial charge >= 0.3 is 10.1 Å². The standard InChI is InChI=1S/C22H20N2O7S2/c1-3-23(4-2)32(27,28)17-13-15-9-8-12-18-20(15)19(14-17)22(26)24(21(18)25)31-33(29,30)16-10-6-5-7-11-16/h5-14H,3-4H2,1-2H3. The van der Waals surface area contributed by atoms with Gasteiger partial charge in [-0.15, -0.1) is 9.35 Å². The Morgan fingerprint density at radius 1 is 0.788 bits per heavy atom. The fourth-order valence-corrected chi connectivity index (χ4v) is 6.14. The first-order valence-electron chi connectivity index (χ1n) is 10.1. The number of benzene rings is 3. The van der Waals surface area contributed by atoms with E-state index in [1.54, 1.807) is 26.0 Å². The third kappa shape index (κ3) is 3.82. The van der Waals surface area contributed by atoms with E-state index in [-0.39, 0.29) is 44.5 Å². The van der Waals surface area contributed by atoms with Gasteiger partial charge in [0.2, 0.25) is 10.0 Å². The van der Waals surface area contributed by atoms with Crippen LogP contribution >= 0.6 is 0 Å². The van der Waals surface area contributed by atoms with Gasteiger partial charge in [0.05, 0.1) is 20.9 Å². The van der Waals surface area contributed by atoms with Crippen LogP contribution in [0.4, 0.5) is 0 Å². The Morgan fingerprint density at radius 2 is 1.42 bits per heavy atom. The highest BCUT2D eigenvalue weighted by molar-refractivity contribution is 7.89. The summed E-state index contributed by atoms with van der Waals surface area (Å²) < 4.78 is 57.7. The van der Waals surface area contributed by atoms with Crippen LogP contribution in [0.15, 0.2) is 70.5 Å². The molecule has 0 N–H and O–H groups in total. The molecule has 0 aromatic heterocycles. The first-order chi connectivity index (χ1) is 15.6. The van der Waals surface area contributed by atoms with E-state index in [1.807, 2.05) is 0 Å². The molecule has 3 aromatic rings. The predicted octanol–water partition coefficient (Wildman–Crippen LogP) is 2.79. The van der Waals surface area contributed by atoms with Crippen molar-refractivity contribution in [3.63, 3.8) is 0 Å². The van der Waals surface area contributed by atoms with Gasteiger partial charge in [-0.25, -0.2) is 8.42 Å². The van der Waals surface area contributed by atoms with Gasteiger partial charge in [0.1, 0.15) is 0 Å². The van der Waals surface area contributed by atoms with E-state index in [0.29, 0.717) is 5.39 Å². The van der Waals surface area contributed by atoms with Gasteiger partial charge in [-0.2, -0.15) is 12.7 Å². The van der Waals surface area contributed by atoms with E-state index >= 15 is 0 Å². The van der Waals surface area contributed by atoms with Gasteiger partial charge in [0, 0.05) is 18.5 Å². The van der Waals surface area contributed by atoms with Crippen LogP contribution in [0.3, 0.4) is 0 Å². The molecule has 172 valence electrons. The fourth-order valence-electron chi connectivity index (χ4n) is 3.72. The molecule has 0 aliphatic carbocycles. The number of hydroxylamine groups is 2. The first-order valence-corrected chi connectivity index (χ1v) is 12.9. The van der Waals surface area contributed by atoms with Crippen molar-refractivity contribution in [2.75, 3.05) is 13.1 Å². The minimum Gasteiger partial charge on any atom is -0.266 e. The Labute approximate surface area is 191 Å². The summed E-state index contributed by atoms with van der Waals surface area (Å²) in [6.07, 6.45) is 0. The number of nitrogens with zero attached hydrogens (tertiary/aromatic N) is 2. The fraction of sp³-hybridized carbons (Fsp3) is 0.182. The van der Waals surface area contributed by atoms with Crippen LogP contribution in [0.25, 0.3) is 10.8 Å². The van der Waals surface area contributed by atoms with Crippen LogP contribution in [-0.4, -0.2) is 51.1 Å². The van der Waals surface area contributed by atoms with Crippen molar-refractivity contribution in [1.82, 2.24) is 9.37 Å². The second-order valence-electron chi connectivity index (χ2n) is 7.21. The lowest BCUT2D eigenvalue weighted by Crippen LogP contribution is -2.42. The summed E-state index contributed by atoms with van der Waals surface area (Å²) in [5.74, 6) is -2.03. The normalized spacial score (nSPS) is 14.3. The summed E-state index contributed by atoms with van der Waals surface area (Å²) in [6.45, 7) is 3.84. The van der Waals surface area contributed by atoms with Gasteiger partial charge in [-0.05, 0) is 35.7 Å². The Balaban J connectivity index is 1.87. The molecular formula is C22H20N2O7S2. The van der Waals surface area contributed by atoms with Gasteiger partial charge in [0.25, 0.3) is 11.8 Å². The Hall–Kier alpha value is -3.12. The van der Waals surface area contributed by atoms with Crippen LogP contribution in [-0.2, 0) is 24.4 Å². The summed E-state index contributed by atoms with van der Waals surface area (Å²) in [5.41, 5.74) is -0.117. The lowest BCUT2D eigenvalue weighted by atomic mass is 9.95. The van der Waals surface area contributed by atoms with E-state index in [1.165, 1.54) is 46.8 Å². The third-order valence-corrected chi connectivity index (χ3v) is 8.55. The number of carbonyl (C=O) groups is 2. The van der Waals surface area contributed by atoms with Gasteiger partial charge in [-0.3, -0.25) is 9.59 Å². The summed E-state index contributed by atoms with van der Waals surface area (Å²) in [7, 11) is -8.43. The van der Waals surface area contributed by atoms with Gasteiger partial charge in [-0.1, -0.05) is 44.2 Å². The molecular weight excluding hydrogens is 468 g/mol. The number of imide groups is 1. The zero-order valence-electron chi connectivity index (χ0n) is 17.8. The third-order valence-electron chi connectivity index (χ3n) is 5.33. The number of hydrogen-bond acceptors (Lipinski definition) is 7. The van der Waals surface area contributed by atoms with Crippen LogP contribution < -0.4 is 0 Å². The highest BCUT2D eigenvalue weighted by atomic mass is 32.2. The van der Waals surface area contributed by atoms with E-state index in [0.717, 1.165) is 6.07 Å². The highest BCUT2D eigenvalue weighted by Crippen LogP contribution is 2.34. The molecule has 0 bridgehead atoms. The largest absolute Gasteiger partial charge is 0.318 e. The minimum atomic E-state index is -4.50. The average molecular weight is 489 g/mol. The number of hydrogen-bond donors (Lipinski definition) is 0. The van der Waals surface area contributed by atoms with E-state index in [2.05, 4.69) is 0 Å². The number of rotatable bonds is 7. The van der Waals surface area contributed by atoms with Crippen molar-refractivity contribution in [2.24, 2.45) is 0 Å². The molecule has 4 rings (SSSR count). The van der Waals surface area contributed by atoms with Crippen molar-refractivity contribution >= 4 is 42.7 Å². The van der Waals surface area contributed by atoms with Crippen molar-refractivity contribution in [2.45, 2.75) is 23.6 Å². The van der Waals surface area contributed by atoms with Crippen molar-refractivity contribution in [3.05, 3.63) is 71.8 Å². The Bertz CT molecular complexity index is 1480. The topological polar surface area (TPSA) is 118 Å². The molecule has 0 saturated heterocycles. The van der Waals surface area contributed by atoms with Crippen LogP contribution in [0, 0.1) is 0 Å². The van der Waals surface area contributed by atoms with Crippen LogP contribution in [0.2, 0.25) is 0 Å². The maximum Gasteiger partial charge on any atom is 0.318 e. The molecule has 33 heavy (non-hydrogen) atoms. The molecule has 0 unspecified atom stereocenters. The monoisotopic (exact) mass is 488 g/mol. The number of carbonyl (C=O) groups excluding carboxylic acids is 2. The molecule has 0 radical (unpaired) electrons. The van der Waals surface area contributed by atoms with Crippen molar-refractivity contribution < 1.29 is 30.7 Å². The van der Waals surface area contributed by atoms with Gasteiger partial charge in [0.15, 0.2) is 0 Å². The quantitative estimate of drug-likeness (QED) is 0.469. The first kappa shape index (κ1) is 23.1. The minimum absolute atomic E-state index is 0.0251. The number of sulfonamides is 1. The maximum atomic E-state index is 13.2. The predicted molar refractivity (Wildman–Crippen MR) is 119 cm³/mol.